The maximum Gasteiger partial charge on any atom is 0.306 e. The van der Waals surface area contributed by atoms with E-state index in [2.05, 4.69) is 26.0 Å². The molecule has 0 aliphatic carbocycles. The van der Waals surface area contributed by atoms with E-state index in [4.69, 9.17) is 9.47 Å². The van der Waals surface area contributed by atoms with Gasteiger partial charge in [0.25, 0.3) is 0 Å². The number of aliphatic hydroxyl groups excluding tert-OH is 1. The number of allylic oxidation sites excluding steroid dienone is 2. The second kappa shape index (κ2) is 29.2. The molecule has 0 aromatic heterocycles. The lowest BCUT2D eigenvalue weighted by Crippen LogP contribution is -2.28. The average Bonchev–Trinajstić information content (AvgIpc) is 2.90. The van der Waals surface area contributed by atoms with Crippen LogP contribution in [0.2, 0.25) is 0 Å². The minimum Gasteiger partial charge on any atom is -0.462 e. The van der Waals surface area contributed by atoms with Crippen molar-refractivity contribution < 1.29 is 24.2 Å². The molecule has 1 N–H and O–H groups in total. The Balaban J connectivity index is 3.57. The molecule has 0 aliphatic rings. The molecule has 0 heterocycles. The summed E-state index contributed by atoms with van der Waals surface area (Å²) in [5, 5.41) is 9.45. The van der Waals surface area contributed by atoms with Crippen LogP contribution in [0.5, 0.6) is 0 Å². The summed E-state index contributed by atoms with van der Waals surface area (Å²) in [5.41, 5.74) is 0. The second-order valence-corrected chi connectivity index (χ2v) is 10.5. The van der Waals surface area contributed by atoms with Crippen molar-refractivity contribution in [1.82, 2.24) is 0 Å². The lowest BCUT2D eigenvalue weighted by molar-refractivity contribution is -0.161. The summed E-state index contributed by atoms with van der Waals surface area (Å²) >= 11 is 0. The van der Waals surface area contributed by atoms with Crippen molar-refractivity contribution in [2.45, 2.75) is 168 Å². The van der Waals surface area contributed by atoms with E-state index in [0.717, 1.165) is 38.5 Å². The molecule has 0 saturated carbocycles. The van der Waals surface area contributed by atoms with Crippen LogP contribution in [0.3, 0.4) is 0 Å². The Hall–Kier alpha value is -1.36. The average molecular weight is 525 g/mol. The van der Waals surface area contributed by atoms with Crippen molar-refractivity contribution in [1.29, 1.82) is 0 Å². The van der Waals surface area contributed by atoms with Gasteiger partial charge in [0.15, 0.2) is 6.10 Å². The largest absolute Gasteiger partial charge is 0.462 e. The van der Waals surface area contributed by atoms with Gasteiger partial charge in [-0.15, -0.1) is 0 Å². The summed E-state index contributed by atoms with van der Waals surface area (Å²) in [6.45, 7) is 4.07. The number of hydrogen-bond acceptors (Lipinski definition) is 5. The first-order chi connectivity index (χ1) is 18.1. The van der Waals surface area contributed by atoms with Crippen LogP contribution in [0, 0.1) is 0 Å². The fourth-order valence-electron chi connectivity index (χ4n) is 4.37. The third-order valence-electron chi connectivity index (χ3n) is 6.81. The van der Waals surface area contributed by atoms with E-state index in [1.54, 1.807) is 0 Å². The molecule has 0 saturated heterocycles. The normalized spacial score (nSPS) is 12.2. The molecule has 0 aromatic carbocycles. The lowest BCUT2D eigenvalue weighted by atomic mass is 10.1. The first kappa shape index (κ1) is 35.6. The van der Waals surface area contributed by atoms with E-state index >= 15 is 0 Å². The number of hydrogen-bond donors (Lipinski definition) is 1. The number of ether oxygens (including phenoxy) is 2. The van der Waals surface area contributed by atoms with Crippen LogP contribution in [0.4, 0.5) is 0 Å². The topological polar surface area (TPSA) is 72.8 Å². The number of aliphatic hydroxyl groups is 1. The summed E-state index contributed by atoms with van der Waals surface area (Å²) in [6.07, 6.45) is 29.8. The zero-order valence-corrected chi connectivity index (χ0v) is 24.5. The first-order valence-corrected chi connectivity index (χ1v) is 15.7. The van der Waals surface area contributed by atoms with Crippen molar-refractivity contribution in [2.75, 3.05) is 13.2 Å². The molecular weight excluding hydrogens is 464 g/mol. The fraction of sp³-hybridized carbons (Fsp3) is 0.875. The Morgan fingerprint density at radius 3 is 1.49 bits per heavy atom. The Morgan fingerprint density at radius 2 is 1.00 bits per heavy atom. The Kier molecular flexibility index (Phi) is 28.1. The van der Waals surface area contributed by atoms with Crippen molar-refractivity contribution in [3.05, 3.63) is 12.2 Å². The van der Waals surface area contributed by atoms with Gasteiger partial charge in [0, 0.05) is 12.8 Å². The molecule has 0 rings (SSSR count). The van der Waals surface area contributed by atoms with Gasteiger partial charge in [-0.25, -0.2) is 0 Å². The minimum atomic E-state index is -0.764. The Bertz CT molecular complexity index is 531. The fourth-order valence-corrected chi connectivity index (χ4v) is 4.37. The quantitative estimate of drug-likeness (QED) is 0.0628. The first-order valence-electron chi connectivity index (χ1n) is 15.7. The molecule has 0 aliphatic heterocycles. The highest BCUT2D eigenvalue weighted by Crippen LogP contribution is 2.12. The van der Waals surface area contributed by atoms with Gasteiger partial charge in [0.1, 0.15) is 6.61 Å². The third-order valence-corrected chi connectivity index (χ3v) is 6.81. The van der Waals surface area contributed by atoms with Gasteiger partial charge in [0.2, 0.25) is 0 Å². The molecule has 0 fully saturated rings. The highest BCUT2D eigenvalue weighted by Gasteiger charge is 2.16. The predicted octanol–water partition coefficient (Wildman–Crippen LogP) is 9.00. The van der Waals surface area contributed by atoms with Gasteiger partial charge in [0.05, 0.1) is 6.61 Å². The number of carbonyl (C=O) groups is 2. The van der Waals surface area contributed by atoms with Gasteiger partial charge in [-0.1, -0.05) is 122 Å². The molecule has 0 bridgehead atoms. The highest BCUT2D eigenvalue weighted by molar-refractivity contribution is 5.70. The summed E-state index contributed by atoms with van der Waals surface area (Å²) in [4.78, 5) is 24.0. The summed E-state index contributed by atoms with van der Waals surface area (Å²) in [7, 11) is 0. The van der Waals surface area contributed by atoms with Crippen LogP contribution in [0.15, 0.2) is 12.2 Å². The zero-order valence-electron chi connectivity index (χ0n) is 24.5. The third kappa shape index (κ3) is 27.5. The maximum absolute atomic E-state index is 12.0. The second-order valence-electron chi connectivity index (χ2n) is 10.5. The molecule has 0 unspecified atom stereocenters. The summed E-state index contributed by atoms with van der Waals surface area (Å²) < 4.78 is 10.5. The molecule has 0 amide bonds. The van der Waals surface area contributed by atoms with E-state index < -0.39 is 6.10 Å². The van der Waals surface area contributed by atoms with Crippen LogP contribution in [-0.4, -0.2) is 36.4 Å². The maximum atomic E-state index is 12.0. The Morgan fingerprint density at radius 1 is 0.595 bits per heavy atom. The van der Waals surface area contributed by atoms with Crippen molar-refractivity contribution >= 4 is 11.9 Å². The van der Waals surface area contributed by atoms with E-state index in [1.807, 2.05) is 0 Å². The standard InChI is InChI=1S/C32H60O5/c1-3-5-7-9-11-13-14-15-16-17-18-19-21-23-25-27-32(35)37-30(28-33)29-36-31(34)26-24-22-20-12-10-8-6-4-2/h13-14,30,33H,3-12,15-29H2,1-2H3/b14-13+/t30-/m0/s1. The molecular formula is C32H60O5. The van der Waals surface area contributed by atoms with Gasteiger partial charge in [-0.05, 0) is 38.5 Å². The molecule has 0 aromatic rings. The molecule has 5 nitrogen and oxygen atoms in total. The van der Waals surface area contributed by atoms with Crippen LogP contribution in [0.1, 0.15) is 162 Å². The molecule has 37 heavy (non-hydrogen) atoms. The smallest absolute Gasteiger partial charge is 0.306 e. The lowest BCUT2D eigenvalue weighted by Gasteiger charge is -2.15. The van der Waals surface area contributed by atoms with Crippen LogP contribution >= 0.6 is 0 Å². The van der Waals surface area contributed by atoms with Gasteiger partial charge < -0.3 is 14.6 Å². The Labute approximate surface area is 229 Å². The molecule has 0 spiro atoms. The number of unbranched alkanes of at least 4 members (excludes halogenated alkanes) is 18. The SMILES string of the molecule is CCCCCC/C=C/CCCCCCCCCC(=O)O[C@@H](CO)COC(=O)CCCCCCCCCC. The predicted molar refractivity (Wildman–Crippen MR) is 155 cm³/mol. The van der Waals surface area contributed by atoms with E-state index in [1.165, 1.54) is 96.3 Å². The van der Waals surface area contributed by atoms with Gasteiger partial charge >= 0.3 is 11.9 Å². The highest BCUT2D eigenvalue weighted by atomic mass is 16.6. The van der Waals surface area contributed by atoms with E-state index in [-0.39, 0.29) is 25.2 Å². The summed E-state index contributed by atoms with van der Waals surface area (Å²) in [6, 6.07) is 0. The van der Waals surface area contributed by atoms with Crippen LogP contribution in [0.25, 0.3) is 0 Å². The molecule has 1 atom stereocenters. The summed E-state index contributed by atoms with van der Waals surface area (Å²) in [5.74, 6) is -0.599. The molecule has 5 heteroatoms. The zero-order chi connectivity index (χ0) is 27.2. The monoisotopic (exact) mass is 524 g/mol. The van der Waals surface area contributed by atoms with Crippen LogP contribution in [-0.2, 0) is 19.1 Å². The minimum absolute atomic E-state index is 0.0634. The molecule has 218 valence electrons. The van der Waals surface area contributed by atoms with Crippen LogP contribution < -0.4 is 0 Å². The molecule has 0 radical (unpaired) electrons. The van der Waals surface area contributed by atoms with Crippen molar-refractivity contribution in [3.8, 4) is 0 Å². The van der Waals surface area contributed by atoms with Crippen molar-refractivity contribution in [2.24, 2.45) is 0 Å². The van der Waals surface area contributed by atoms with Gasteiger partial charge in [-0.2, -0.15) is 0 Å². The van der Waals surface area contributed by atoms with Crippen molar-refractivity contribution in [3.63, 3.8) is 0 Å². The number of carbonyl (C=O) groups excluding carboxylic acids is 2. The van der Waals surface area contributed by atoms with E-state index in [9.17, 15) is 14.7 Å². The number of rotatable bonds is 28. The number of esters is 2. The van der Waals surface area contributed by atoms with Gasteiger partial charge in [-0.3, -0.25) is 9.59 Å². The van der Waals surface area contributed by atoms with E-state index in [0.29, 0.717) is 12.8 Å².